The first-order valence-corrected chi connectivity index (χ1v) is 8.01. The van der Waals surface area contributed by atoms with Crippen LogP contribution in [0.3, 0.4) is 0 Å². The molecule has 3 aromatic rings. The van der Waals surface area contributed by atoms with Crippen molar-refractivity contribution in [1.29, 1.82) is 0 Å². The smallest absolute Gasteiger partial charge is 0.267 e. The van der Waals surface area contributed by atoms with Crippen LogP contribution in [0, 0.1) is 5.82 Å². The number of rotatable bonds is 5. The number of benzene rings is 1. The topological polar surface area (TPSA) is 75.1 Å². The van der Waals surface area contributed by atoms with Gasteiger partial charge in [0.05, 0.1) is 29.7 Å². The second-order valence-corrected chi connectivity index (χ2v) is 6.18. The highest BCUT2D eigenvalue weighted by Gasteiger charge is 2.13. The zero-order valence-electron chi connectivity index (χ0n) is 12.6. The molecule has 0 saturated heterocycles. The van der Waals surface area contributed by atoms with Crippen molar-refractivity contribution < 1.29 is 14.3 Å². The summed E-state index contributed by atoms with van der Waals surface area (Å²) in [6, 6.07) is 7.83. The molecule has 0 bridgehead atoms. The normalized spacial score (nSPS) is 10.6. The van der Waals surface area contributed by atoms with Gasteiger partial charge in [-0.2, -0.15) is 0 Å². The van der Waals surface area contributed by atoms with E-state index in [1.165, 1.54) is 35.9 Å². The van der Waals surface area contributed by atoms with Crippen LogP contribution >= 0.6 is 11.3 Å². The first-order valence-electron chi connectivity index (χ1n) is 7.20. The molecule has 0 unspecified atom stereocenters. The van der Waals surface area contributed by atoms with E-state index in [2.05, 4.69) is 15.3 Å². The zero-order valence-corrected chi connectivity index (χ0v) is 13.4. The lowest BCUT2D eigenvalue weighted by atomic mass is 10.2. The van der Waals surface area contributed by atoms with Crippen molar-refractivity contribution >= 4 is 22.9 Å². The number of halogens is 1. The Morgan fingerprint density at radius 1 is 1.21 bits per heavy atom. The maximum Gasteiger partial charge on any atom is 0.267 e. The molecule has 7 heteroatoms. The average Bonchev–Trinajstić information content (AvgIpc) is 3.06. The third-order valence-corrected chi connectivity index (χ3v) is 4.37. The number of nitrogens with zero attached hydrogens (tertiary/aromatic N) is 2. The highest BCUT2D eigenvalue weighted by Crippen LogP contribution is 2.20. The fraction of sp³-hybridized carbons (Fsp3) is 0.118. The second-order valence-electron chi connectivity index (χ2n) is 5.07. The van der Waals surface area contributed by atoms with E-state index in [4.69, 9.17) is 0 Å². The highest BCUT2D eigenvalue weighted by molar-refractivity contribution is 7.13. The Labute approximate surface area is 141 Å². The maximum absolute atomic E-state index is 12.9. The van der Waals surface area contributed by atoms with Crippen molar-refractivity contribution in [2.24, 2.45) is 0 Å². The van der Waals surface area contributed by atoms with Crippen LogP contribution in [0.4, 0.5) is 10.1 Å². The summed E-state index contributed by atoms with van der Waals surface area (Å²) in [5, 5.41) is 12.8. The molecule has 2 heterocycles. The first-order chi connectivity index (χ1) is 11.7. The van der Waals surface area contributed by atoms with Gasteiger partial charge in [-0.05, 0) is 23.8 Å². The van der Waals surface area contributed by atoms with Crippen molar-refractivity contribution in [3.05, 3.63) is 75.8 Å². The molecule has 0 spiro atoms. The van der Waals surface area contributed by atoms with Crippen molar-refractivity contribution in [3.8, 4) is 0 Å². The Balaban J connectivity index is 1.70. The molecule has 2 aromatic heterocycles. The number of aromatic nitrogens is 2. The fourth-order valence-corrected chi connectivity index (χ4v) is 2.98. The number of hydrogen-bond donors (Lipinski definition) is 2. The van der Waals surface area contributed by atoms with Crippen molar-refractivity contribution in [2.75, 3.05) is 5.32 Å². The maximum atomic E-state index is 12.9. The monoisotopic (exact) mass is 343 g/mol. The third-order valence-electron chi connectivity index (χ3n) is 3.38. The largest absolute Gasteiger partial charge is 0.392 e. The molecule has 1 amide bonds. The number of carbonyl (C=O) groups is 1. The number of anilines is 1. The number of pyridine rings is 1. The van der Waals surface area contributed by atoms with Gasteiger partial charge in [0.2, 0.25) is 0 Å². The number of carbonyl (C=O) groups excluding carboxylic acids is 1. The summed E-state index contributed by atoms with van der Waals surface area (Å²) in [6.07, 6.45) is 5.08. The molecular formula is C17H14FN3O2S. The van der Waals surface area contributed by atoms with Crippen LogP contribution in [-0.4, -0.2) is 21.0 Å². The van der Waals surface area contributed by atoms with E-state index < -0.39 is 0 Å². The average molecular weight is 343 g/mol. The molecule has 3 rings (SSSR count). The van der Waals surface area contributed by atoms with Gasteiger partial charge in [0.15, 0.2) is 0 Å². The van der Waals surface area contributed by atoms with Gasteiger partial charge in [0.25, 0.3) is 5.91 Å². The Kier molecular flexibility index (Phi) is 4.93. The lowest BCUT2D eigenvalue weighted by Gasteiger charge is -2.07. The van der Waals surface area contributed by atoms with E-state index in [-0.39, 0.29) is 18.3 Å². The SMILES string of the molecule is O=C(Nc1cnccc1CO)c1cnc(Cc2ccc(F)cc2)s1. The van der Waals surface area contributed by atoms with Gasteiger partial charge in [-0.15, -0.1) is 11.3 Å². The van der Waals surface area contributed by atoms with E-state index in [0.29, 0.717) is 22.5 Å². The number of amides is 1. The zero-order chi connectivity index (χ0) is 16.9. The van der Waals surface area contributed by atoms with Crippen molar-refractivity contribution in [2.45, 2.75) is 13.0 Å². The fourth-order valence-electron chi connectivity index (χ4n) is 2.13. The molecule has 5 nitrogen and oxygen atoms in total. The van der Waals surface area contributed by atoms with E-state index >= 15 is 0 Å². The number of aliphatic hydroxyl groups excluding tert-OH is 1. The van der Waals surface area contributed by atoms with Gasteiger partial charge in [0.1, 0.15) is 10.7 Å². The van der Waals surface area contributed by atoms with Crippen LogP contribution in [0.2, 0.25) is 0 Å². The molecule has 0 aliphatic heterocycles. The molecule has 0 saturated carbocycles. The Bertz CT molecular complexity index is 849. The van der Waals surface area contributed by atoms with Crippen LogP contribution in [0.25, 0.3) is 0 Å². The first kappa shape index (κ1) is 16.2. The standard InChI is InChI=1S/C17H14FN3O2S/c18-13-3-1-11(2-4-13)7-16-20-9-15(24-16)17(23)21-14-8-19-6-5-12(14)10-22/h1-6,8-9,22H,7,10H2,(H,21,23). The lowest BCUT2D eigenvalue weighted by Crippen LogP contribution is -2.12. The summed E-state index contributed by atoms with van der Waals surface area (Å²) in [7, 11) is 0. The van der Waals surface area contributed by atoms with Gasteiger partial charge >= 0.3 is 0 Å². The molecule has 1 aromatic carbocycles. The van der Waals surface area contributed by atoms with E-state index in [9.17, 15) is 14.3 Å². The van der Waals surface area contributed by atoms with Crippen LogP contribution in [0.15, 0.2) is 48.9 Å². The molecule has 0 fully saturated rings. The second kappa shape index (κ2) is 7.29. The molecule has 122 valence electrons. The Hall–Kier alpha value is -2.64. The van der Waals surface area contributed by atoms with Gasteiger partial charge in [0, 0.05) is 18.2 Å². The van der Waals surface area contributed by atoms with Crippen molar-refractivity contribution in [3.63, 3.8) is 0 Å². The predicted molar refractivity (Wildman–Crippen MR) is 89.4 cm³/mol. The minimum Gasteiger partial charge on any atom is -0.392 e. The van der Waals surface area contributed by atoms with Crippen LogP contribution in [0.5, 0.6) is 0 Å². The predicted octanol–water partition coefficient (Wildman–Crippen LogP) is 3.01. The lowest BCUT2D eigenvalue weighted by molar-refractivity contribution is 0.103. The third kappa shape index (κ3) is 3.81. The van der Waals surface area contributed by atoms with Gasteiger partial charge in [-0.25, -0.2) is 9.37 Å². The van der Waals surface area contributed by atoms with Crippen molar-refractivity contribution in [1.82, 2.24) is 9.97 Å². The van der Waals surface area contributed by atoms with E-state index in [1.54, 1.807) is 24.4 Å². The molecule has 0 radical (unpaired) electrons. The van der Waals surface area contributed by atoms with E-state index in [1.807, 2.05) is 0 Å². The van der Waals surface area contributed by atoms with Gasteiger partial charge in [-0.3, -0.25) is 9.78 Å². The molecule has 2 N–H and O–H groups in total. The minimum absolute atomic E-state index is 0.184. The number of aliphatic hydroxyl groups is 1. The Morgan fingerprint density at radius 3 is 2.75 bits per heavy atom. The molecule has 0 atom stereocenters. The van der Waals surface area contributed by atoms with Crippen LogP contribution in [-0.2, 0) is 13.0 Å². The molecule has 0 aliphatic carbocycles. The Morgan fingerprint density at radius 2 is 2.00 bits per heavy atom. The number of hydrogen-bond acceptors (Lipinski definition) is 5. The quantitative estimate of drug-likeness (QED) is 0.747. The minimum atomic E-state index is -0.305. The van der Waals surface area contributed by atoms with Gasteiger partial charge in [-0.1, -0.05) is 12.1 Å². The summed E-state index contributed by atoms with van der Waals surface area (Å²) in [5.74, 6) is -0.588. The summed E-state index contributed by atoms with van der Waals surface area (Å²) < 4.78 is 12.9. The molecular weight excluding hydrogens is 329 g/mol. The summed E-state index contributed by atoms with van der Waals surface area (Å²) in [5.41, 5.74) is 1.99. The van der Waals surface area contributed by atoms with Crippen LogP contribution in [0.1, 0.15) is 25.8 Å². The highest BCUT2D eigenvalue weighted by atomic mass is 32.1. The summed E-state index contributed by atoms with van der Waals surface area (Å²) in [4.78, 5) is 20.9. The van der Waals surface area contributed by atoms with E-state index in [0.717, 1.165) is 10.6 Å². The van der Waals surface area contributed by atoms with Gasteiger partial charge < -0.3 is 10.4 Å². The molecule has 24 heavy (non-hydrogen) atoms. The summed E-state index contributed by atoms with van der Waals surface area (Å²) in [6.45, 7) is -0.184. The van der Waals surface area contributed by atoms with Crippen LogP contribution < -0.4 is 5.32 Å². The number of thiazole rings is 1. The summed E-state index contributed by atoms with van der Waals surface area (Å²) >= 11 is 1.27. The number of nitrogens with one attached hydrogen (secondary N) is 1. The molecule has 0 aliphatic rings.